The molecule has 1 atom stereocenters. The van der Waals surface area contributed by atoms with E-state index in [2.05, 4.69) is 39.4 Å². The highest BCUT2D eigenvalue weighted by molar-refractivity contribution is 5.94. The molecule has 29 heavy (non-hydrogen) atoms. The number of hydrogen-bond donors (Lipinski definition) is 1. The van der Waals surface area contributed by atoms with Crippen LogP contribution in [0.25, 0.3) is 0 Å². The van der Waals surface area contributed by atoms with Gasteiger partial charge in [0, 0.05) is 31.9 Å². The summed E-state index contributed by atoms with van der Waals surface area (Å²) in [5.41, 5.74) is 2.85. The van der Waals surface area contributed by atoms with Crippen LogP contribution in [0.2, 0.25) is 0 Å². The minimum absolute atomic E-state index is 0.0734. The third-order valence-electron chi connectivity index (χ3n) is 4.68. The second-order valence-corrected chi connectivity index (χ2v) is 7.20. The first-order chi connectivity index (χ1) is 13.9. The number of carbonyl (C=O) groups excluding carboxylic acids is 1. The first-order valence-electron chi connectivity index (χ1n) is 9.98. The van der Waals surface area contributed by atoms with Gasteiger partial charge in [-0.05, 0) is 63.8 Å². The van der Waals surface area contributed by atoms with Gasteiger partial charge in [0.1, 0.15) is 0 Å². The Hall–Kier alpha value is -2.73. The molecule has 0 aliphatic rings. The summed E-state index contributed by atoms with van der Waals surface area (Å²) in [5, 5.41) is 3.05. The summed E-state index contributed by atoms with van der Waals surface area (Å²) < 4.78 is 11.2. The van der Waals surface area contributed by atoms with Crippen molar-refractivity contribution in [3.05, 3.63) is 53.6 Å². The Labute approximate surface area is 174 Å². The van der Waals surface area contributed by atoms with Gasteiger partial charge in [0.25, 0.3) is 5.91 Å². The van der Waals surface area contributed by atoms with Gasteiger partial charge in [0.15, 0.2) is 11.5 Å². The summed E-state index contributed by atoms with van der Waals surface area (Å²) in [5.74, 6) is 1.11. The molecule has 0 fully saturated rings. The molecule has 0 saturated carbocycles. The third kappa shape index (κ3) is 6.12. The maximum Gasteiger partial charge on any atom is 0.251 e. The van der Waals surface area contributed by atoms with E-state index < -0.39 is 0 Å². The van der Waals surface area contributed by atoms with E-state index in [0.29, 0.717) is 36.8 Å². The van der Waals surface area contributed by atoms with Gasteiger partial charge >= 0.3 is 0 Å². The molecule has 0 spiro atoms. The zero-order chi connectivity index (χ0) is 21.4. The van der Waals surface area contributed by atoms with Gasteiger partial charge in [-0.3, -0.25) is 4.79 Å². The number of carbonyl (C=O) groups is 1. The molecule has 2 aromatic rings. The number of likely N-dealkylation sites (N-methyl/N-ethyl adjacent to an activating group) is 1. The van der Waals surface area contributed by atoms with E-state index in [1.165, 1.54) is 0 Å². The highest BCUT2D eigenvalue weighted by Crippen LogP contribution is 2.28. The molecule has 1 amide bonds. The van der Waals surface area contributed by atoms with E-state index in [4.69, 9.17) is 9.47 Å². The number of hydrogen-bond acceptors (Lipinski definition) is 5. The molecule has 0 bridgehead atoms. The van der Waals surface area contributed by atoms with Crippen LogP contribution in [0.5, 0.6) is 11.5 Å². The van der Waals surface area contributed by atoms with Gasteiger partial charge in [0.05, 0.1) is 19.3 Å². The van der Waals surface area contributed by atoms with Crippen molar-refractivity contribution in [1.82, 2.24) is 10.2 Å². The number of amides is 1. The molecular formula is C23H33N3O3. The lowest BCUT2D eigenvalue weighted by atomic mass is 10.0. The molecule has 6 nitrogen and oxygen atoms in total. The molecule has 0 radical (unpaired) electrons. The average molecular weight is 400 g/mol. The standard InChI is InChI=1S/C23H33N3O3/c1-7-28-21-14-11-18(15-22(21)29-8-2)23(27)24-16-20(26(5)6)17-9-12-19(13-10-17)25(3)4/h9-15,20H,7-8,16H2,1-6H3,(H,24,27). The van der Waals surface area contributed by atoms with E-state index in [1.54, 1.807) is 18.2 Å². The minimum Gasteiger partial charge on any atom is -0.490 e. The Kier molecular flexibility index (Phi) is 8.34. The van der Waals surface area contributed by atoms with Gasteiger partial charge in [-0.2, -0.15) is 0 Å². The van der Waals surface area contributed by atoms with E-state index in [1.807, 2.05) is 42.0 Å². The lowest BCUT2D eigenvalue weighted by molar-refractivity contribution is 0.0941. The van der Waals surface area contributed by atoms with Crippen molar-refractivity contribution >= 4 is 11.6 Å². The number of nitrogens with one attached hydrogen (secondary N) is 1. The predicted molar refractivity (Wildman–Crippen MR) is 118 cm³/mol. The number of rotatable bonds is 10. The number of ether oxygens (including phenoxy) is 2. The maximum atomic E-state index is 12.7. The van der Waals surface area contributed by atoms with Crippen LogP contribution >= 0.6 is 0 Å². The van der Waals surface area contributed by atoms with Crippen LogP contribution in [0.15, 0.2) is 42.5 Å². The van der Waals surface area contributed by atoms with Crippen molar-refractivity contribution in [2.24, 2.45) is 0 Å². The van der Waals surface area contributed by atoms with Crippen molar-refractivity contribution in [2.45, 2.75) is 19.9 Å². The van der Waals surface area contributed by atoms with Gasteiger partial charge in [-0.25, -0.2) is 0 Å². The summed E-state index contributed by atoms with van der Waals surface area (Å²) in [6.45, 7) is 5.39. The number of anilines is 1. The van der Waals surface area contributed by atoms with Crippen molar-refractivity contribution in [3.8, 4) is 11.5 Å². The van der Waals surface area contributed by atoms with Crippen LogP contribution in [0, 0.1) is 0 Å². The number of benzene rings is 2. The second kappa shape index (κ2) is 10.7. The SMILES string of the molecule is CCOc1ccc(C(=O)NCC(c2ccc(N(C)C)cc2)N(C)C)cc1OCC. The summed E-state index contributed by atoms with van der Waals surface area (Å²) >= 11 is 0. The minimum atomic E-state index is -0.134. The second-order valence-electron chi connectivity index (χ2n) is 7.20. The highest BCUT2D eigenvalue weighted by atomic mass is 16.5. The van der Waals surface area contributed by atoms with E-state index in [-0.39, 0.29) is 11.9 Å². The monoisotopic (exact) mass is 399 g/mol. The Bertz CT molecular complexity index is 788. The molecular weight excluding hydrogens is 366 g/mol. The summed E-state index contributed by atoms with van der Waals surface area (Å²) in [6.07, 6.45) is 0. The Balaban J connectivity index is 2.11. The van der Waals surface area contributed by atoms with Crippen molar-refractivity contribution < 1.29 is 14.3 Å². The fraction of sp³-hybridized carbons (Fsp3) is 0.435. The van der Waals surface area contributed by atoms with Gasteiger partial charge in [-0.1, -0.05) is 12.1 Å². The highest BCUT2D eigenvalue weighted by Gasteiger charge is 2.17. The van der Waals surface area contributed by atoms with Crippen LogP contribution in [0.3, 0.4) is 0 Å². The fourth-order valence-electron chi connectivity index (χ4n) is 3.08. The topological polar surface area (TPSA) is 54.0 Å². The molecule has 0 aliphatic carbocycles. The summed E-state index contributed by atoms with van der Waals surface area (Å²) in [4.78, 5) is 16.9. The Morgan fingerprint density at radius 2 is 1.55 bits per heavy atom. The van der Waals surface area contributed by atoms with Crippen LogP contribution in [0.1, 0.15) is 35.8 Å². The van der Waals surface area contributed by atoms with E-state index >= 15 is 0 Å². The van der Waals surface area contributed by atoms with Gasteiger partial charge in [0.2, 0.25) is 0 Å². The molecule has 0 aliphatic heterocycles. The normalized spacial score (nSPS) is 11.8. The molecule has 0 aromatic heterocycles. The lowest BCUT2D eigenvalue weighted by Gasteiger charge is -2.26. The quantitative estimate of drug-likeness (QED) is 0.662. The average Bonchev–Trinajstić information content (AvgIpc) is 2.69. The van der Waals surface area contributed by atoms with Crippen molar-refractivity contribution in [2.75, 3.05) is 52.8 Å². The summed E-state index contributed by atoms with van der Waals surface area (Å²) in [6, 6.07) is 13.8. The molecule has 6 heteroatoms. The molecule has 2 rings (SSSR count). The predicted octanol–water partition coefficient (Wildman–Crippen LogP) is 3.58. The van der Waals surface area contributed by atoms with E-state index in [9.17, 15) is 4.79 Å². The molecule has 2 aromatic carbocycles. The van der Waals surface area contributed by atoms with Crippen LogP contribution < -0.4 is 19.7 Å². The fourth-order valence-corrected chi connectivity index (χ4v) is 3.08. The third-order valence-corrected chi connectivity index (χ3v) is 4.68. The van der Waals surface area contributed by atoms with Crippen LogP contribution in [-0.4, -0.2) is 58.8 Å². The van der Waals surface area contributed by atoms with Crippen LogP contribution in [-0.2, 0) is 0 Å². The zero-order valence-corrected chi connectivity index (χ0v) is 18.4. The van der Waals surface area contributed by atoms with Crippen molar-refractivity contribution in [3.63, 3.8) is 0 Å². The molecule has 0 saturated heterocycles. The molecule has 0 heterocycles. The van der Waals surface area contributed by atoms with Gasteiger partial charge < -0.3 is 24.6 Å². The first-order valence-corrected chi connectivity index (χ1v) is 9.98. The molecule has 1 N–H and O–H groups in total. The maximum absolute atomic E-state index is 12.7. The lowest BCUT2D eigenvalue weighted by Crippen LogP contribution is -2.34. The first kappa shape index (κ1) is 22.6. The molecule has 158 valence electrons. The smallest absolute Gasteiger partial charge is 0.251 e. The Morgan fingerprint density at radius 3 is 2.10 bits per heavy atom. The number of nitrogens with zero attached hydrogens (tertiary/aromatic N) is 2. The zero-order valence-electron chi connectivity index (χ0n) is 18.4. The summed E-state index contributed by atoms with van der Waals surface area (Å²) in [7, 11) is 8.07. The van der Waals surface area contributed by atoms with Gasteiger partial charge in [-0.15, -0.1) is 0 Å². The van der Waals surface area contributed by atoms with E-state index in [0.717, 1.165) is 11.3 Å². The largest absolute Gasteiger partial charge is 0.490 e. The Morgan fingerprint density at radius 1 is 0.931 bits per heavy atom. The molecule has 1 unspecified atom stereocenters. The van der Waals surface area contributed by atoms with Crippen LogP contribution in [0.4, 0.5) is 5.69 Å². The van der Waals surface area contributed by atoms with Crippen molar-refractivity contribution in [1.29, 1.82) is 0 Å².